The van der Waals surface area contributed by atoms with Crippen LogP contribution in [0.25, 0.3) is 11.0 Å². The Morgan fingerprint density at radius 3 is 2.44 bits per heavy atom. The molecule has 0 saturated carbocycles. The molecule has 2 N–H and O–H groups in total. The molecule has 2 fully saturated rings. The number of likely N-dealkylation sites (tertiary alicyclic amines) is 1. The van der Waals surface area contributed by atoms with E-state index in [2.05, 4.69) is 25.4 Å². The summed E-state index contributed by atoms with van der Waals surface area (Å²) in [6, 6.07) is 8.47. The standard InChI is InChI=1S/C33H33F5N6O5S/c1-43-12-8-19(9-13-43)20-2-4-24(27(17-20)44(32(46)33(36,37)38)23-10-14-49-15-11-23)31(45)40-30-29-26(41-42-30)6-7-28(39-29)50(47,48)18-21-16-22(34)3-5-25(21)35/h2-7,16-17,19,23H,8-15,18H2,1H3,(H2,40,41,42,45). The monoisotopic (exact) mass is 720 g/mol. The molecule has 0 atom stereocenters. The fourth-order valence-electron chi connectivity index (χ4n) is 6.34. The van der Waals surface area contributed by atoms with Gasteiger partial charge in [-0.05, 0) is 99.8 Å². The number of hydrogen-bond donors (Lipinski definition) is 2. The maximum Gasteiger partial charge on any atom is 0.471 e. The van der Waals surface area contributed by atoms with Gasteiger partial charge in [-0.25, -0.2) is 22.2 Å². The number of nitrogens with zero attached hydrogens (tertiary/aromatic N) is 4. The first kappa shape index (κ1) is 35.3. The van der Waals surface area contributed by atoms with Gasteiger partial charge in [0.1, 0.15) is 17.2 Å². The van der Waals surface area contributed by atoms with Gasteiger partial charge in [-0.1, -0.05) is 6.07 Å². The zero-order valence-corrected chi connectivity index (χ0v) is 27.6. The molecule has 2 aliphatic heterocycles. The van der Waals surface area contributed by atoms with Gasteiger partial charge in [0.05, 0.1) is 22.5 Å². The third kappa shape index (κ3) is 7.49. The fourth-order valence-corrected chi connectivity index (χ4v) is 7.62. The molecule has 0 aliphatic carbocycles. The third-order valence-corrected chi connectivity index (χ3v) is 10.6. The van der Waals surface area contributed by atoms with Gasteiger partial charge in [0.2, 0.25) is 0 Å². The van der Waals surface area contributed by atoms with Gasteiger partial charge in [0.25, 0.3) is 5.91 Å². The molecule has 6 rings (SSSR count). The van der Waals surface area contributed by atoms with Crippen LogP contribution < -0.4 is 10.2 Å². The average Bonchev–Trinajstić information content (AvgIpc) is 3.48. The van der Waals surface area contributed by atoms with Gasteiger partial charge < -0.3 is 19.9 Å². The largest absolute Gasteiger partial charge is 0.471 e. The number of carbonyl (C=O) groups excluding carboxylic acids is 2. The minimum absolute atomic E-state index is 0.0136. The van der Waals surface area contributed by atoms with Gasteiger partial charge in [-0.3, -0.25) is 14.7 Å². The number of alkyl halides is 3. The molecule has 2 amide bonds. The van der Waals surface area contributed by atoms with Crippen LogP contribution in [0.3, 0.4) is 0 Å². The molecule has 50 heavy (non-hydrogen) atoms. The second-order valence-corrected chi connectivity index (χ2v) is 14.4. The van der Waals surface area contributed by atoms with E-state index in [1.54, 1.807) is 6.07 Å². The second kappa shape index (κ2) is 14.0. The molecule has 11 nitrogen and oxygen atoms in total. The van der Waals surface area contributed by atoms with Crippen LogP contribution in [0, 0.1) is 11.6 Å². The maximum absolute atomic E-state index is 14.2. The lowest BCUT2D eigenvalue weighted by molar-refractivity contribution is -0.171. The summed E-state index contributed by atoms with van der Waals surface area (Å²) in [5, 5.41) is 8.62. The van der Waals surface area contributed by atoms with Crippen molar-refractivity contribution in [2.75, 3.05) is 43.6 Å². The molecule has 2 aliphatic rings. The van der Waals surface area contributed by atoms with Gasteiger partial charge in [0, 0.05) is 24.8 Å². The zero-order chi connectivity index (χ0) is 35.8. The number of sulfone groups is 1. The summed E-state index contributed by atoms with van der Waals surface area (Å²) in [5.41, 5.74) is -0.102. The third-order valence-electron chi connectivity index (χ3n) is 9.02. The van der Waals surface area contributed by atoms with Crippen LogP contribution in [0.15, 0.2) is 53.6 Å². The molecule has 4 heterocycles. The molecule has 4 aromatic rings. The second-order valence-electron chi connectivity index (χ2n) is 12.4. The van der Waals surface area contributed by atoms with E-state index >= 15 is 0 Å². The molecule has 2 aromatic heterocycles. The number of amides is 2. The number of halogens is 5. The first-order valence-corrected chi connectivity index (χ1v) is 17.5. The number of piperidine rings is 1. The highest BCUT2D eigenvalue weighted by atomic mass is 32.2. The number of benzene rings is 2. The van der Waals surface area contributed by atoms with Crippen molar-refractivity contribution in [3.8, 4) is 0 Å². The van der Waals surface area contributed by atoms with Crippen LogP contribution in [0.1, 0.15) is 53.1 Å². The number of fused-ring (bicyclic) bond motifs is 1. The highest BCUT2D eigenvalue weighted by Crippen LogP contribution is 2.37. The summed E-state index contributed by atoms with van der Waals surface area (Å²) in [7, 11) is -2.36. The number of carbonyl (C=O) groups is 2. The summed E-state index contributed by atoms with van der Waals surface area (Å²) >= 11 is 0. The van der Waals surface area contributed by atoms with Crippen LogP contribution in [0.5, 0.6) is 0 Å². The van der Waals surface area contributed by atoms with Crippen molar-refractivity contribution < 1.29 is 44.7 Å². The van der Waals surface area contributed by atoms with Crippen molar-refractivity contribution >= 4 is 44.2 Å². The first-order chi connectivity index (χ1) is 23.7. The van der Waals surface area contributed by atoms with Gasteiger partial charge in [-0.15, -0.1) is 0 Å². The fraction of sp³-hybridized carbons (Fsp3) is 0.394. The SMILES string of the molecule is CN1CCC(c2ccc(C(=O)Nc3n[nH]c4ccc(S(=O)(=O)Cc5cc(F)ccc5F)nc34)c(N(C(=O)C(F)(F)F)C3CCOCC3)c2)CC1. The topological polar surface area (TPSA) is 138 Å². The van der Waals surface area contributed by atoms with Crippen LogP contribution in [0.4, 0.5) is 33.5 Å². The number of aromatic nitrogens is 3. The molecule has 266 valence electrons. The molecule has 2 aromatic carbocycles. The predicted octanol–water partition coefficient (Wildman–Crippen LogP) is 5.35. The number of ether oxygens (including phenoxy) is 1. The smallest absolute Gasteiger partial charge is 0.381 e. The summed E-state index contributed by atoms with van der Waals surface area (Å²) in [6.45, 7) is 1.79. The van der Waals surface area contributed by atoms with Crippen LogP contribution >= 0.6 is 0 Å². The van der Waals surface area contributed by atoms with Gasteiger partial charge in [-0.2, -0.15) is 18.3 Å². The lowest BCUT2D eigenvalue weighted by Gasteiger charge is -2.36. The lowest BCUT2D eigenvalue weighted by Crippen LogP contribution is -2.50. The summed E-state index contributed by atoms with van der Waals surface area (Å²) < 4.78 is 102. The first-order valence-electron chi connectivity index (χ1n) is 15.8. The highest BCUT2D eigenvalue weighted by Gasteiger charge is 2.46. The Bertz CT molecular complexity index is 2020. The average molecular weight is 721 g/mol. The number of nitrogens with one attached hydrogen (secondary N) is 2. The van der Waals surface area contributed by atoms with E-state index < -0.39 is 61.8 Å². The van der Waals surface area contributed by atoms with Crippen LogP contribution in [0.2, 0.25) is 0 Å². The van der Waals surface area contributed by atoms with E-state index in [0.29, 0.717) is 10.5 Å². The molecular weight excluding hydrogens is 687 g/mol. The highest BCUT2D eigenvalue weighted by molar-refractivity contribution is 7.90. The molecule has 0 bridgehead atoms. The molecule has 0 radical (unpaired) electrons. The predicted molar refractivity (Wildman–Crippen MR) is 172 cm³/mol. The van der Waals surface area contributed by atoms with Crippen molar-refractivity contribution in [1.82, 2.24) is 20.1 Å². The Morgan fingerprint density at radius 2 is 1.74 bits per heavy atom. The number of hydrogen-bond acceptors (Lipinski definition) is 8. The Hall–Kier alpha value is -4.48. The molecular formula is C33H33F5N6O5S. The van der Waals surface area contributed by atoms with E-state index in [1.165, 1.54) is 18.2 Å². The van der Waals surface area contributed by atoms with Crippen molar-refractivity contribution in [3.63, 3.8) is 0 Å². The Morgan fingerprint density at radius 1 is 1.02 bits per heavy atom. The Labute approximate surface area is 283 Å². The summed E-state index contributed by atoms with van der Waals surface area (Å²) in [4.78, 5) is 33.9. The van der Waals surface area contributed by atoms with Gasteiger partial charge in [0.15, 0.2) is 20.7 Å². The quantitative estimate of drug-likeness (QED) is 0.233. The van der Waals surface area contributed by atoms with Crippen LogP contribution in [-0.4, -0.2) is 85.9 Å². The van der Waals surface area contributed by atoms with Crippen molar-refractivity contribution in [3.05, 3.63) is 76.9 Å². The Kier molecular flexibility index (Phi) is 9.92. The molecule has 17 heteroatoms. The van der Waals surface area contributed by atoms with Crippen LogP contribution in [-0.2, 0) is 25.1 Å². The lowest BCUT2D eigenvalue weighted by atomic mass is 9.88. The minimum atomic E-state index is -5.24. The number of H-pyrrole nitrogens is 1. The van der Waals surface area contributed by atoms with E-state index in [9.17, 15) is 40.0 Å². The van der Waals surface area contributed by atoms with E-state index in [0.717, 1.165) is 50.2 Å². The Balaban J connectivity index is 1.37. The molecule has 0 spiro atoms. The summed E-state index contributed by atoms with van der Waals surface area (Å²) in [5.74, 6) is -5.96. The van der Waals surface area contributed by atoms with Crippen molar-refractivity contribution in [1.29, 1.82) is 0 Å². The summed E-state index contributed by atoms with van der Waals surface area (Å²) in [6.07, 6.45) is -3.55. The molecule has 0 unspecified atom stereocenters. The van der Waals surface area contributed by atoms with Crippen molar-refractivity contribution in [2.24, 2.45) is 0 Å². The number of aromatic amines is 1. The van der Waals surface area contributed by atoms with E-state index in [4.69, 9.17) is 4.74 Å². The van der Waals surface area contributed by atoms with Gasteiger partial charge >= 0.3 is 12.1 Å². The molecule has 2 saturated heterocycles. The minimum Gasteiger partial charge on any atom is -0.381 e. The van der Waals surface area contributed by atoms with Crippen molar-refractivity contribution in [2.45, 2.75) is 54.6 Å². The number of rotatable bonds is 8. The number of anilines is 2. The normalized spacial score (nSPS) is 16.8. The number of pyridine rings is 1. The van der Waals surface area contributed by atoms with E-state index in [-0.39, 0.29) is 60.1 Å². The maximum atomic E-state index is 14.2. The zero-order valence-electron chi connectivity index (χ0n) is 26.8. The van der Waals surface area contributed by atoms with E-state index in [1.807, 2.05) is 7.05 Å².